The summed E-state index contributed by atoms with van der Waals surface area (Å²) in [6.45, 7) is 3.98. The number of ether oxygens (including phenoxy) is 1. The number of aromatic nitrogens is 3. The normalized spacial score (nSPS) is 22.4. The van der Waals surface area contributed by atoms with Crippen LogP contribution in [0.2, 0.25) is 0 Å². The molecular formula is C11H20N4O. The zero-order chi connectivity index (χ0) is 11.2. The number of nitrogens with one attached hydrogen (secondary N) is 2. The van der Waals surface area contributed by atoms with Crippen LogP contribution in [0.25, 0.3) is 0 Å². The van der Waals surface area contributed by atoms with E-state index in [-0.39, 0.29) is 6.04 Å². The van der Waals surface area contributed by atoms with Gasteiger partial charge in [0.25, 0.3) is 0 Å². The molecule has 2 atom stereocenters. The highest BCUT2D eigenvalue weighted by atomic mass is 16.5. The molecular weight excluding hydrogens is 204 g/mol. The number of aromatic amines is 1. The second-order valence-electron chi connectivity index (χ2n) is 4.19. The van der Waals surface area contributed by atoms with Crippen molar-refractivity contribution < 1.29 is 4.74 Å². The molecule has 5 heteroatoms. The first-order valence-electron chi connectivity index (χ1n) is 6.10. The molecule has 1 aromatic heterocycles. The van der Waals surface area contributed by atoms with Gasteiger partial charge in [0.05, 0.1) is 12.1 Å². The SMILES string of the molecule is CCNC(CCC1CCCO1)c1ncn[nH]1. The predicted molar refractivity (Wildman–Crippen MR) is 61.0 cm³/mol. The van der Waals surface area contributed by atoms with E-state index in [2.05, 4.69) is 27.4 Å². The summed E-state index contributed by atoms with van der Waals surface area (Å²) in [7, 11) is 0. The summed E-state index contributed by atoms with van der Waals surface area (Å²) in [6.07, 6.45) is 6.57. The molecule has 1 aliphatic rings. The van der Waals surface area contributed by atoms with Crippen LogP contribution in [-0.2, 0) is 4.74 Å². The van der Waals surface area contributed by atoms with Crippen molar-refractivity contribution in [2.45, 2.75) is 44.8 Å². The predicted octanol–water partition coefficient (Wildman–Crippen LogP) is 1.41. The van der Waals surface area contributed by atoms with Crippen LogP contribution in [0.15, 0.2) is 6.33 Å². The fraction of sp³-hybridized carbons (Fsp3) is 0.818. The fourth-order valence-electron chi connectivity index (χ4n) is 2.19. The Balaban J connectivity index is 1.82. The van der Waals surface area contributed by atoms with Gasteiger partial charge in [0.15, 0.2) is 0 Å². The van der Waals surface area contributed by atoms with Gasteiger partial charge in [0.1, 0.15) is 12.2 Å². The molecule has 0 amide bonds. The monoisotopic (exact) mass is 224 g/mol. The molecule has 1 fully saturated rings. The van der Waals surface area contributed by atoms with Crippen molar-refractivity contribution in [3.05, 3.63) is 12.2 Å². The highest BCUT2D eigenvalue weighted by molar-refractivity contribution is 4.91. The van der Waals surface area contributed by atoms with Gasteiger partial charge in [-0.3, -0.25) is 5.10 Å². The van der Waals surface area contributed by atoms with Crippen LogP contribution in [0, 0.1) is 0 Å². The maximum atomic E-state index is 5.62. The van der Waals surface area contributed by atoms with Crippen LogP contribution in [0.1, 0.15) is 44.5 Å². The summed E-state index contributed by atoms with van der Waals surface area (Å²) in [5, 5.41) is 10.3. The second-order valence-corrected chi connectivity index (χ2v) is 4.19. The number of hydrogen-bond acceptors (Lipinski definition) is 4. The van der Waals surface area contributed by atoms with Crippen molar-refractivity contribution in [2.24, 2.45) is 0 Å². The molecule has 16 heavy (non-hydrogen) atoms. The molecule has 0 saturated carbocycles. The number of H-pyrrole nitrogens is 1. The van der Waals surface area contributed by atoms with Crippen LogP contribution in [0.5, 0.6) is 0 Å². The first-order chi connectivity index (χ1) is 7.90. The second kappa shape index (κ2) is 5.96. The minimum atomic E-state index is 0.275. The Kier molecular flexibility index (Phi) is 4.30. The molecule has 5 nitrogen and oxygen atoms in total. The van der Waals surface area contributed by atoms with Crippen molar-refractivity contribution in [3.8, 4) is 0 Å². The molecule has 2 unspecified atom stereocenters. The van der Waals surface area contributed by atoms with E-state index in [0.717, 1.165) is 31.8 Å². The number of nitrogens with zero attached hydrogens (tertiary/aromatic N) is 2. The maximum absolute atomic E-state index is 5.62. The minimum Gasteiger partial charge on any atom is -0.378 e. The molecule has 1 saturated heterocycles. The highest BCUT2D eigenvalue weighted by Gasteiger charge is 2.19. The molecule has 0 bridgehead atoms. The quantitative estimate of drug-likeness (QED) is 0.767. The Bertz CT molecular complexity index is 282. The van der Waals surface area contributed by atoms with Gasteiger partial charge < -0.3 is 10.1 Å². The smallest absolute Gasteiger partial charge is 0.141 e. The van der Waals surface area contributed by atoms with Crippen LogP contribution in [-0.4, -0.2) is 34.4 Å². The molecule has 2 rings (SSSR count). The highest BCUT2D eigenvalue weighted by Crippen LogP contribution is 2.21. The van der Waals surface area contributed by atoms with Gasteiger partial charge in [-0.1, -0.05) is 6.92 Å². The van der Waals surface area contributed by atoms with Crippen molar-refractivity contribution >= 4 is 0 Å². The van der Waals surface area contributed by atoms with Crippen LogP contribution < -0.4 is 5.32 Å². The average Bonchev–Trinajstić information content (AvgIpc) is 2.96. The molecule has 0 spiro atoms. The Hall–Kier alpha value is -0.940. The lowest BCUT2D eigenvalue weighted by molar-refractivity contribution is 0.0994. The van der Waals surface area contributed by atoms with E-state index in [9.17, 15) is 0 Å². The van der Waals surface area contributed by atoms with Crippen LogP contribution in [0.4, 0.5) is 0 Å². The van der Waals surface area contributed by atoms with E-state index in [4.69, 9.17) is 4.74 Å². The first-order valence-corrected chi connectivity index (χ1v) is 6.10. The van der Waals surface area contributed by atoms with E-state index >= 15 is 0 Å². The summed E-state index contributed by atoms with van der Waals surface area (Å²) < 4.78 is 5.62. The van der Waals surface area contributed by atoms with Gasteiger partial charge in [-0.15, -0.1) is 0 Å². The maximum Gasteiger partial charge on any atom is 0.141 e. The van der Waals surface area contributed by atoms with Gasteiger partial charge in [-0.05, 0) is 32.2 Å². The Morgan fingerprint density at radius 3 is 3.25 bits per heavy atom. The third-order valence-corrected chi connectivity index (χ3v) is 3.02. The van der Waals surface area contributed by atoms with Gasteiger partial charge in [0.2, 0.25) is 0 Å². The lowest BCUT2D eigenvalue weighted by Crippen LogP contribution is -2.23. The van der Waals surface area contributed by atoms with Gasteiger partial charge >= 0.3 is 0 Å². The van der Waals surface area contributed by atoms with Crippen molar-refractivity contribution in [1.82, 2.24) is 20.5 Å². The molecule has 90 valence electrons. The van der Waals surface area contributed by atoms with E-state index < -0.39 is 0 Å². The molecule has 2 heterocycles. The van der Waals surface area contributed by atoms with Gasteiger partial charge in [-0.2, -0.15) is 5.10 Å². The summed E-state index contributed by atoms with van der Waals surface area (Å²) >= 11 is 0. The fourth-order valence-corrected chi connectivity index (χ4v) is 2.19. The first kappa shape index (κ1) is 11.5. The van der Waals surface area contributed by atoms with Crippen molar-refractivity contribution in [2.75, 3.05) is 13.2 Å². The average molecular weight is 224 g/mol. The number of rotatable bonds is 6. The zero-order valence-electron chi connectivity index (χ0n) is 9.78. The summed E-state index contributed by atoms with van der Waals surface area (Å²) in [6, 6.07) is 0.275. The molecule has 1 aromatic rings. The lowest BCUT2D eigenvalue weighted by atomic mass is 10.1. The third kappa shape index (κ3) is 3.02. The summed E-state index contributed by atoms with van der Waals surface area (Å²) in [5.41, 5.74) is 0. The topological polar surface area (TPSA) is 62.8 Å². The molecule has 0 radical (unpaired) electrons. The largest absolute Gasteiger partial charge is 0.378 e. The molecule has 1 aliphatic heterocycles. The molecule has 0 aromatic carbocycles. The Labute approximate surface area is 96.0 Å². The Morgan fingerprint density at radius 2 is 2.62 bits per heavy atom. The van der Waals surface area contributed by atoms with Crippen LogP contribution in [0.3, 0.4) is 0 Å². The molecule has 0 aliphatic carbocycles. The third-order valence-electron chi connectivity index (χ3n) is 3.02. The summed E-state index contributed by atoms with van der Waals surface area (Å²) in [4.78, 5) is 4.21. The Morgan fingerprint density at radius 1 is 1.69 bits per heavy atom. The lowest BCUT2D eigenvalue weighted by Gasteiger charge is -2.17. The van der Waals surface area contributed by atoms with Crippen LogP contribution >= 0.6 is 0 Å². The minimum absolute atomic E-state index is 0.275. The standard InChI is InChI=1S/C11H20N4O/c1-2-12-10(11-13-8-14-15-11)6-5-9-4-3-7-16-9/h8-10,12H,2-7H2,1H3,(H,13,14,15). The van der Waals surface area contributed by atoms with E-state index in [1.54, 1.807) is 6.33 Å². The van der Waals surface area contributed by atoms with E-state index in [1.165, 1.54) is 12.8 Å². The number of hydrogen-bond donors (Lipinski definition) is 2. The van der Waals surface area contributed by atoms with E-state index in [0.29, 0.717) is 6.10 Å². The van der Waals surface area contributed by atoms with Crippen molar-refractivity contribution in [3.63, 3.8) is 0 Å². The van der Waals surface area contributed by atoms with Gasteiger partial charge in [0, 0.05) is 6.61 Å². The zero-order valence-corrected chi connectivity index (χ0v) is 9.78. The molecule has 2 N–H and O–H groups in total. The van der Waals surface area contributed by atoms with Crippen molar-refractivity contribution in [1.29, 1.82) is 0 Å². The summed E-state index contributed by atoms with van der Waals surface area (Å²) in [5.74, 6) is 0.930. The van der Waals surface area contributed by atoms with E-state index in [1.807, 2.05) is 0 Å². The van der Waals surface area contributed by atoms with Gasteiger partial charge in [-0.25, -0.2) is 4.98 Å².